The molecule has 0 radical (unpaired) electrons. The van der Waals surface area contributed by atoms with Crippen molar-refractivity contribution in [3.05, 3.63) is 63.4 Å². The molecule has 8 nitrogen and oxygen atoms in total. The smallest absolute Gasteiger partial charge is 0.329 e. The van der Waals surface area contributed by atoms with E-state index in [1.165, 1.54) is 7.11 Å². The number of fused-ring (bicyclic) bond motifs is 1. The van der Waals surface area contributed by atoms with Crippen LogP contribution in [-0.4, -0.2) is 50.9 Å². The number of hydrogen-bond donors (Lipinski definition) is 1. The van der Waals surface area contributed by atoms with Crippen LogP contribution >= 0.6 is 15.9 Å². The van der Waals surface area contributed by atoms with Crippen molar-refractivity contribution in [2.45, 2.75) is 6.42 Å². The molecule has 1 amide bonds. The van der Waals surface area contributed by atoms with E-state index in [2.05, 4.69) is 30.9 Å². The average molecular weight is 443 g/mol. The van der Waals surface area contributed by atoms with Gasteiger partial charge in [0.25, 0.3) is 10.8 Å². The lowest BCUT2D eigenvalue weighted by molar-refractivity contribution is -0.736. The highest BCUT2D eigenvalue weighted by molar-refractivity contribution is 9.10. The molecular weight excluding hydrogens is 426 g/mol. The van der Waals surface area contributed by atoms with Gasteiger partial charge >= 0.3 is 5.69 Å². The Morgan fingerprint density at radius 1 is 1.36 bits per heavy atom. The number of carbonyl (C=O) groups is 1. The maximum Gasteiger partial charge on any atom is 0.329 e. The van der Waals surface area contributed by atoms with Crippen LogP contribution < -0.4 is 0 Å². The Morgan fingerprint density at radius 3 is 2.93 bits per heavy atom. The Labute approximate surface area is 168 Å². The van der Waals surface area contributed by atoms with Crippen LogP contribution in [0.2, 0.25) is 0 Å². The molecule has 1 aliphatic heterocycles. The van der Waals surface area contributed by atoms with Crippen molar-refractivity contribution in [3.8, 4) is 0 Å². The maximum atomic E-state index is 12.9. The lowest BCUT2D eigenvalue weighted by atomic mass is 10.0. The standard InChI is InChI=1S/C19H17BrN5O3/c1-28-25(27)15-5-3-2-4-13(15)19(26)24-8-6-12(7-9-24)14-10-21-18-17(14)23-16(20)11-22-18/h2-6,10-11H,7-9H2,1H3,(H,21,22)/q+1. The predicted octanol–water partition coefficient (Wildman–Crippen LogP) is 3.62. The Hall–Kier alpha value is -3.07. The normalized spacial score (nSPS) is 14.1. The zero-order chi connectivity index (χ0) is 19.7. The van der Waals surface area contributed by atoms with Crippen molar-refractivity contribution in [2.24, 2.45) is 0 Å². The second kappa shape index (κ2) is 7.51. The van der Waals surface area contributed by atoms with Gasteiger partial charge in [0.1, 0.15) is 15.7 Å². The molecule has 3 aromatic rings. The molecule has 0 unspecified atom stereocenters. The number of aromatic nitrogens is 3. The van der Waals surface area contributed by atoms with Gasteiger partial charge in [0, 0.05) is 30.9 Å². The topological polar surface area (TPSA) is 91.2 Å². The highest BCUT2D eigenvalue weighted by Gasteiger charge is 2.29. The van der Waals surface area contributed by atoms with E-state index in [0.717, 1.165) is 22.3 Å². The number of amides is 1. The predicted molar refractivity (Wildman–Crippen MR) is 107 cm³/mol. The number of carbonyl (C=O) groups excluding carboxylic acids is 1. The summed E-state index contributed by atoms with van der Waals surface area (Å²) in [6.45, 7) is 0.987. The second-order valence-corrected chi connectivity index (χ2v) is 7.09. The number of rotatable bonds is 4. The number of halogens is 1. The minimum atomic E-state index is -0.203. The number of nitrogens with one attached hydrogen (secondary N) is 1. The van der Waals surface area contributed by atoms with E-state index in [1.54, 1.807) is 35.4 Å². The van der Waals surface area contributed by atoms with Gasteiger partial charge in [-0.05, 0) is 34.0 Å². The number of H-pyrrole nitrogens is 1. The van der Waals surface area contributed by atoms with Crippen molar-refractivity contribution in [1.82, 2.24) is 19.9 Å². The van der Waals surface area contributed by atoms with Crippen LogP contribution in [0.25, 0.3) is 16.7 Å². The first-order chi connectivity index (χ1) is 13.6. The van der Waals surface area contributed by atoms with Crippen LogP contribution in [-0.2, 0) is 4.84 Å². The van der Waals surface area contributed by atoms with Crippen molar-refractivity contribution < 1.29 is 14.6 Å². The van der Waals surface area contributed by atoms with E-state index >= 15 is 0 Å². The summed E-state index contributed by atoms with van der Waals surface area (Å²) in [6, 6.07) is 6.62. The minimum absolute atomic E-state index is 0.196. The molecule has 28 heavy (non-hydrogen) atoms. The maximum absolute atomic E-state index is 12.9. The summed E-state index contributed by atoms with van der Waals surface area (Å²) in [4.78, 5) is 43.5. The molecular formula is C19H17BrN5O3+. The molecule has 0 saturated heterocycles. The number of aromatic amines is 1. The van der Waals surface area contributed by atoms with Gasteiger partial charge in [0.2, 0.25) is 0 Å². The van der Waals surface area contributed by atoms with Crippen LogP contribution in [0.5, 0.6) is 0 Å². The summed E-state index contributed by atoms with van der Waals surface area (Å²) < 4.78 is 0.672. The van der Waals surface area contributed by atoms with Crippen molar-refractivity contribution >= 4 is 44.3 Å². The first-order valence-electron chi connectivity index (χ1n) is 8.67. The third kappa shape index (κ3) is 3.29. The fourth-order valence-electron chi connectivity index (χ4n) is 3.30. The highest BCUT2D eigenvalue weighted by Crippen LogP contribution is 2.29. The van der Waals surface area contributed by atoms with E-state index in [1.807, 2.05) is 12.3 Å². The molecule has 0 spiro atoms. The fraction of sp³-hybridized carbons (Fsp3) is 0.211. The van der Waals surface area contributed by atoms with Gasteiger partial charge in [0.05, 0.1) is 11.1 Å². The molecule has 9 heteroatoms. The van der Waals surface area contributed by atoms with Gasteiger partial charge in [-0.25, -0.2) is 14.8 Å². The zero-order valence-corrected chi connectivity index (χ0v) is 16.6. The number of hydrogen-bond acceptors (Lipinski definition) is 5. The summed E-state index contributed by atoms with van der Waals surface area (Å²) in [5.74, 6) is -0.203. The van der Waals surface area contributed by atoms with Crippen LogP contribution in [0, 0.1) is 4.91 Å². The van der Waals surface area contributed by atoms with Crippen LogP contribution in [0.1, 0.15) is 22.3 Å². The molecule has 1 N–H and O–H groups in total. The van der Waals surface area contributed by atoms with Crippen molar-refractivity contribution in [1.29, 1.82) is 0 Å². The van der Waals surface area contributed by atoms with E-state index in [0.29, 0.717) is 34.6 Å². The van der Waals surface area contributed by atoms with E-state index < -0.39 is 0 Å². The number of nitrogens with zero attached hydrogens (tertiary/aromatic N) is 4. The van der Waals surface area contributed by atoms with Gasteiger partial charge in [-0.1, -0.05) is 18.2 Å². The molecule has 1 aromatic carbocycles. The summed E-state index contributed by atoms with van der Waals surface area (Å²) in [5, 5.41) is 0. The molecule has 0 atom stereocenters. The average Bonchev–Trinajstić information content (AvgIpc) is 3.15. The lowest BCUT2D eigenvalue weighted by Crippen LogP contribution is -2.35. The Kier molecular flexibility index (Phi) is 4.91. The Morgan fingerprint density at radius 2 is 2.18 bits per heavy atom. The monoisotopic (exact) mass is 442 g/mol. The Bertz CT molecular complexity index is 1110. The molecule has 1 aliphatic rings. The Balaban J connectivity index is 1.58. The second-order valence-electron chi connectivity index (χ2n) is 6.28. The SMILES string of the molecule is CO[N+](=O)c1ccccc1C(=O)N1CC=C(c2c[nH]c3ncc(Br)nc23)CC1. The van der Waals surface area contributed by atoms with Gasteiger partial charge < -0.3 is 9.88 Å². The van der Waals surface area contributed by atoms with Gasteiger partial charge in [-0.15, -0.1) is 0 Å². The summed E-state index contributed by atoms with van der Waals surface area (Å²) in [7, 11) is 1.27. The largest absolute Gasteiger partial charge is 0.344 e. The first-order valence-corrected chi connectivity index (χ1v) is 9.46. The third-order valence-electron chi connectivity index (χ3n) is 4.69. The van der Waals surface area contributed by atoms with Crippen LogP contribution in [0.15, 0.2) is 47.3 Å². The molecule has 0 aliphatic carbocycles. The van der Waals surface area contributed by atoms with Gasteiger partial charge in [-0.2, -0.15) is 0 Å². The van der Waals surface area contributed by atoms with Crippen molar-refractivity contribution in [3.63, 3.8) is 0 Å². The molecule has 2 aromatic heterocycles. The van der Waals surface area contributed by atoms with E-state index in [-0.39, 0.29) is 11.6 Å². The number of para-hydroxylation sites is 1. The van der Waals surface area contributed by atoms with E-state index in [4.69, 9.17) is 4.84 Å². The van der Waals surface area contributed by atoms with Crippen molar-refractivity contribution in [2.75, 3.05) is 20.2 Å². The van der Waals surface area contributed by atoms with Gasteiger partial charge in [0.15, 0.2) is 12.8 Å². The molecule has 0 fully saturated rings. The number of benzene rings is 1. The molecule has 0 saturated carbocycles. The van der Waals surface area contributed by atoms with Gasteiger partial charge in [-0.3, -0.25) is 4.79 Å². The highest BCUT2D eigenvalue weighted by atomic mass is 79.9. The van der Waals surface area contributed by atoms with Crippen LogP contribution in [0.4, 0.5) is 5.69 Å². The molecule has 142 valence electrons. The summed E-state index contributed by atoms with van der Waals surface area (Å²) in [6.07, 6.45) is 6.24. The quantitative estimate of drug-likeness (QED) is 0.622. The fourth-order valence-corrected chi connectivity index (χ4v) is 3.57. The minimum Gasteiger partial charge on any atom is -0.344 e. The third-order valence-corrected chi connectivity index (χ3v) is 5.07. The summed E-state index contributed by atoms with van der Waals surface area (Å²) in [5.41, 5.74) is 4.13. The molecule has 0 bridgehead atoms. The summed E-state index contributed by atoms with van der Waals surface area (Å²) >= 11 is 3.35. The lowest BCUT2D eigenvalue weighted by Gasteiger charge is -2.26. The molecule has 3 heterocycles. The first kappa shape index (κ1) is 18.3. The molecule has 4 rings (SSSR count). The van der Waals surface area contributed by atoms with Crippen LogP contribution in [0.3, 0.4) is 0 Å². The zero-order valence-electron chi connectivity index (χ0n) is 15.1. The van der Waals surface area contributed by atoms with E-state index in [9.17, 15) is 9.70 Å².